The van der Waals surface area contributed by atoms with Crippen molar-refractivity contribution in [1.82, 2.24) is 19.5 Å². The van der Waals surface area contributed by atoms with Gasteiger partial charge in [-0.05, 0) is 45.1 Å². The minimum atomic E-state index is 0.443. The van der Waals surface area contributed by atoms with Crippen LogP contribution in [0, 0.1) is 0 Å². The SMILES string of the molecule is CN1CCC(c2nnc3c(C=O)cccn23)CC1. The molecule has 0 amide bonds. The number of aromatic nitrogens is 3. The monoisotopic (exact) mass is 244 g/mol. The number of rotatable bonds is 2. The Bertz CT molecular complexity index is 569. The van der Waals surface area contributed by atoms with Gasteiger partial charge in [-0.2, -0.15) is 0 Å². The zero-order valence-electron chi connectivity index (χ0n) is 10.4. The summed E-state index contributed by atoms with van der Waals surface area (Å²) in [6.07, 6.45) is 4.98. The first-order chi connectivity index (χ1) is 8.79. The first-order valence-corrected chi connectivity index (χ1v) is 6.27. The molecule has 1 fully saturated rings. The zero-order chi connectivity index (χ0) is 12.5. The lowest BCUT2D eigenvalue weighted by Crippen LogP contribution is -2.29. The molecule has 0 unspecified atom stereocenters. The summed E-state index contributed by atoms with van der Waals surface area (Å²) in [5.41, 5.74) is 1.27. The molecule has 1 aliphatic heterocycles. The molecule has 0 saturated carbocycles. The molecule has 0 spiro atoms. The maximum atomic E-state index is 11.0. The Hall–Kier alpha value is -1.75. The molecule has 5 heteroatoms. The van der Waals surface area contributed by atoms with Crippen LogP contribution in [0.25, 0.3) is 5.65 Å². The van der Waals surface area contributed by atoms with Crippen LogP contribution in [0.3, 0.4) is 0 Å². The van der Waals surface area contributed by atoms with Gasteiger partial charge in [0.2, 0.25) is 0 Å². The van der Waals surface area contributed by atoms with Crippen molar-refractivity contribution in [1.29, 1.82) is 0 Å². The predicted molar refractivity (Wildman–Crippen MR) is 67.8 cm³/mol. The van der Waals surface area contributed by atoms with Gasteiger partial charge in [-0.3, -0.25) is 9.20 Å². The molecule has 0 radical (unpaired) electrons. The van der Waals surface area contributed by atoms with E-state index in [1.165, 1.54) is 0 Å². The first-order valence-electron chi connectivity index (χ1n) is 6.27. The summed E-state index contributed by atoms with van der Waals surface area (Å²) in [6.45, 7) is 2.18. The second-order valence-electron chi connectivity index (χ2n) is 4.91. The third kappa shape index (κ3) is 1.80. The van der Waals surface area contributed by atoms with Gasteiger partial charge in [0.05, 0.1) is 5.56 Å². The number of hydrogen-bond donors (Lipinski definition) is 0. The van der Waals surface area contributed by atoms with Crippen molar-refractivity contribution in [3.05, 3.63) is 29.7 Å². The van der Waals surface area contributed by atoms with E-state index in [4.69, 9.17) is 0 Å². The Morgan fingerprint density at radius 1 is 1.33 bits per heavy atom. The van der Waals surface area contributed by atoms with Crippen molar-refractivity contribution < 1.29 is 4.79 Å². The van der Waals surface area contributed by atoms with Crippen molar-refractivity contribution >= 4 is 11.9 Å². The number of carbonyl (C=O) groups is 1. The van der Waals surface area contributed by atoms with Crippen LogP contribution in [0.1, 0.15) is 34.9 Å². The molecule has 94 valence electrons. The van der Waals surface area contributed by atoms with Crippen LogP contribution in [0.15, 0.2) is 18.3 Å². The van der Waals surface area contributed by atoms with E-state index in [2.05, 4.69) is 22.1 Å². The van der Waals surface area contributed by atoms with Crippen molar-refractivity contribution in [2.24, 2.45) is 0 Å². The van der Waals surface area contributed by atoms with E-state index in [9.17, 15) is 4.79 Å². The summed E-state index contributed by atoms with van der Waals surface area (Å²) < 4.78 is 1.96. The topological polar surface area (TPSA) is 50.5 Å². The van der Waals surface area contributed by atoms with Crippen LogP contribution >= 0.6 is 0 Å². The number of carbonyl (C=O) groups excluding carboxylic acids is 1. The van der Waals surface area contributed by atoms with Gasteiger partial charge < -0.3 is 4.90 Å². The lowest BCUT2D eigenvalue weighted by molar-refractivity contribution is 0.112. The molecule has 2 aromatic heterocycles. The number of aldehydes is 1. The Kier molecular flexibility index (Phi) is 2.83. The van der Waals surface area contributed by atoms with Gasteiger partial charge in [0.15, 0.2) is 11.9 Å². The molecule has 3 heterocycles. The summed E-state index contributed by atoms with van der Waals surface area (Å²) in [7, 11) is 2.14. The normalized spacial score (nSPS) is 18.3. The van der Waals surface area contributed by atoms with E-state index in [1.54, 1.807) is 6.07 Å². The smallest absolute Gasteiger partial charge is 0.171 e. The third-order valence-electron chi connectivity index (χ3n) is 3.70. The number of hydrogen-bond acceptors (Lipinski definition) is 4. The fourth-order valence-corrected chi connectivity index (χ4v) is 2.59. The number of likely N-dealkylation sites (tertiary alicyclic amines) is 1. The highest BCUT2D eigenvalue weighted by molar-refractivity contribution is 5.83. The largest absolute Gasteiger partial charge is 0.306 e. The molecule has 3 rings (SSSR count). The molecule has 0 bridgehead atoms. The van der Waals surface area contributed by atoms with E-state index in [0.717, 1.165) is 38.0 Å². The number of fused-ring (bicyclic) bond motifs is 1. The quantitative estimate of drug-likeness (QED) is 0.748. The lowest BCUT2D eigenvalue weighted by Gasteiger charge is -2.27. The van der Waals surface area contributed by atoms with Crippen LogP contribution in [0.5, 0.6) is 0 Å². The molecule has 0 aliphatic carbocycles. The standard InChI is InChI=1S/C13H16N4O/c1-16-7-4-10(5-8-16)12-14-15-13-11(9-18)3-2-6-17(12)13/h2-3,6,9-10H,4-5,7-8H2,1H3. The van der Waals surface area contributed by atoms with Crippen LogP contribution < -0.4 is 0 Å². The molecule has 5 nitrogen and oxygen atoms in total. The average Bonchev–Trinajstić information content (AvgIpc) is 2.83. The highest BCUT2D eigenvalue weighted by Gasteiger charge is 2.23. The molecule has 0 aromatic carbocycles. The third-order valence-corrected chi connectivity index (χ3v) is 3.70. The van der Waals surface area contributed by atoms with Crippen molar-refractivity contribution in [2.45, 2.75) is 18.8 Å². The lowest BCUT2D eigenvalue weighted by atomic mass is 9.96. The fraction of sp³-hybridized carbons (Fsp3) is 0.462. The van der Waals surface area contributed by atoms with Gasteiger partial charge in [-0.15, -0.1) is 10.2 Å². The van der Waals surface area contributed by atoms with E-state index >= 15 is 0 Å². The summed E-state index contributed by atoms with van der Waals surface area (Å²) in [4.78, 5) is 13.3. The van der Waals surface area contributed by atoms with Gasteiger partial charge in [-0.25, -0.2) is 0 Å². The highest BCUT2D eigenvalue weighted by Crippen LogP contribution is 2.26. The van der Waals surface area contributed by atoms with Gasteiger partial charge in [0, 0.05) is 12.1 Å². The molecular weight excluding hydrogens is 228 g/mol. The van der Waals surface area contributed by atoms with Crippen LogP contribution in [-0.4, -0.2) is 45.9 Å². The van der Waals surface area contributed by atoms with Crippen molar-refractivity contribution in [3.63, 3.8) is 0 Å². The Morgan fingerprint density at radius 2 is 2.11 bits per heavy atom. The minimum Gasteiger partial charge on any atom is -0.306 e. The summed E-state index contributed by atoms with van der Waals surface area (Å²) >= 11 is 0. The van der Waals surface area contributed by atoms with Crippen LogP contribution in [0.4, 0.5) is 0 Å². The highest BCUT2D eigenvalue weighted by atomic mass is 16.1. The van der Waals surface area contributed by atoms with Crippen LogP contribution in [-0.2, 0) is 0 Å². The van der Waals surface area contributed by atoms with Gasteiger partial charge in [0.25, 0.3) is 0 Å². The van der Waals surface area contributed by atoms with Gasteiger partial charge in [-0.1, -0.05) is 0 Å². The van der Waals surface area contributed by atoms with Crippen molar-refractivity contribution in [3.8, 4) is 0 Å². The molecule has 0 N–H and O–H groups in total. The molecule has 0 atom stereocenters. The van der Waals surface area contributed by atoms with E-state index in [1.807, 2.05) is 16.7 Å². The summed E-state index contributed by atoms with van der Waals surface area (Å²) in [5.74, 6) is 1.43. The van der Waals surface area contributed by atoms with Gasteiger partial charge in [0.1, 0.15) is 5.82 Å². The maximum Gasteiger partial charge on any atom is 0.171 e. The van der Waals surface area contributed by atoms with E-state index in [0.29, 0.717) is 17.1 Å². The Labute approximate surface area is 105 Å². The number of piperidine rings is 1. The Balaban J connectivity index is 2.00. The Morgan fingerprint density at radius 3 is 2.83 bits per heavy atom. The average molecular weight is 244 g/mol. The summed E-state index contributed by atoms with van der Waals surface area (Å²) in [6, 6.07) is 3.65. The minimum absolute atomic E-state index is 0.443. The fourth-order valence-electron chi connectivity index (χ4n) is 2.59. The van der Waals surface area contributed by atoms with Crippen LogP contribution in [0.2, 0.25) is 0 Å². The zero-order valence-corrected chi connectivity index (χ0v) is 10.4. The molecule has 1 saturated heterocycles. The van der Waals surface area contributed by atoms with E-state index in [-0.39, 0.29) is 0 Å². The number of nitrogens with zero attached hydrogens (tertiary/aromatic N) is 4. The van der Waals surface area contributed by atoms with Gasteiger partial charge >= 0.3 is 0 Å². The second-order valence-corrected chi connectivity index (χ2v) is 4.91. The second kappa shape index (κ2) is 4.49. The maximum absolute atomic E-state index is 11.0. The molecule has 1 aliphatic rings. The molecule has 18 heavy (non-hydrogen) atoms. The first kappa shape index (κ1) is 11.3. The summed E-state index contributed by atoms with van der Waals surface area (Å²) in [5, 5.41) is 8.44. The van der Waals surface area contributed by atoms with E-state index < -0.39 is 0 Å². The molecule has 2 aromatic rings. The molecular formula is C13H16N4O. The predicted octanol–water partition coefficient (Wildman–Crippen LogP) is 1.35. The van der Waals surface area contributed by atoms with Crippen molar-refractivity contribution in [2.75, 3.05) is 20.1 Å². The number of pyridine rings is 1.